The molecule has 0 aliphatic rings. The van der Waals surface area contributed by atoms with Crippen molar-refractivity contribution in [2.75, 3.05) is 11.9 Å². The Hall–Kier alpha value is -2.30. The summed E-state index contributed by atoms with van der Waals surface area (Å²) >= 11 is 0. The number of carbonyl (C=O) groups excluding carboxylic acids is 1. The van der Waals surface area contributed by atoms with Gasteiger partial charge in [-0.1, -0.05) is 0 Å². The van der Waals surface area contributed by atoms with Gasteiger partial charge in [0.1, 0.15) is 5.82 Å². The van der Waals surface area contributed by atoms with Gasteiger partial charge in [-0.2, -0.15) is 4.39 Å². The van der Waals surface area contributed by atoms with Crippen molar-refractivity contribution in [1.82, 2.24) is 4.98 Å². The standard InChI is InChI=1S/C13H10F2N2O/c1-17(11-5-3-10(14)4-6-11)13(18)9-2-7-12(15)16-8-9/h2-8H,1H3. The van der Waals surface area contributed by atoms with Crippen LogP contribution in [0.15, 0.2) is 42.6 Å². The number of pyridine rings is 1. The van der Waals surface area contributed by atoms with E-state index in [9.17, 15) is 13.6 Å². The Kier molecular flexibility index (Phi) is 3.32. The Morgan fingerprint density at radius 1 is 1.11 bits per heavy atom. The van der Waals surface area contributed by atoms with Gasteiger partial charge in [-0.3, -0.25) is 4.79 Å². The third-order valence-corrected chi connectivity index (χ3v) is 2.49. The van der Waals surface area contributed by atoms with Crippen molar-refractivity contribution in [1.29, 1.82) is 0 Å². The molecule has 0 aliphatic heterocycles. The zero-order valence-corrected chi connectivity index (χ0v) is 9.60. The SMILES string of the molecule is CN(C(=O)c1ccc(F)nc1)c1ccc(F)cc1. The number of carbonyl (C=O) groups is 1. The first-order valence-electron chi connectivity index (χ1n) is 5.23. The van der Waals surface area contributed by atoms with Crippen molar-refractivity contribution in [3.8, 4) is 0 Å². The van der Waals surface area contributed by atoms with Crippen LogP contribution in [0, 0.1) is 11.8 Å². The molecule has 0 unspecified atom stereocenters. The van der Waals surface area contributed by atoms with Crippen molar-refractivity contribution in [2.45, 2.75) is 0 Å². The van der Waals surface area contributed by atoms with Gasteiger partial charge in [-0.25, -0.2) is 9.37 Å². The third kappa shape index (κ3) is 2.51. The van der Waals surface area contributed by atoms with Gasteiger partial charge in [-0.15, -0.1) is 0 Å². The van der Waals surface area contributed by atoms with Gasteiger partial charge in [0, 0.05) is 18.9 Å². The van der Waals surface area contributed by atoms with Crippen LogP contribution in [0.5, 0.6) is 0 Å². The fourth-order valence-corrected chi connectivity index (χ4v) is 1.48. The van der Waals surface area contributed by atoms with E-state index < -0.39 is 5.95 Å². The zero-order valence-electron chi connectivity index (χ0n) is 9.60. The van der Waals surface area contributed by atoms with Crippen LogP contribution in [0.3, 0.4) is 0 Å². The van der Waals surface area contributed by atoms with E-state index in [1.165, 1.54) is 35.2 Å². The highest BCUT2D eigenvalue weighted by atomic mass is 19.1. The summed E-state index contributed by atoms with van der Waals surface area (Å²) in [5.74, 6) is -1.35. The van der Waals surface area contributed by atoms with Crippen LogP contribution in [0.1, 0.15) is 10.4 Å². The second kappa shape index (κ2) is 4.91. The number of halogens is 2. The summed E-state index contributed by atoms with van der Waals surface area (Å²) in [6.07, 6.45) is 1.16. The number of hydrogen-bond donors (Lipinski definition) is 0. The fraction of sp³-hybridized carbons (Fsp3) is 0.0769. The van der Waals surface area contributed by atoms with E-state index in [-0.39, 0.29) is 17.3 Å². The maximum atomic E-state index is 12.8. The molecule has 1 aromatic heterocycles. The van der Waals surface area contributed by atoms with Crippen LogP contribution in [-0.4, -0.2) is 17.9 Å². The van der Waals surface area contributed by atoms with Gasteiger partial charge in [0.2, 0.25) is 5.95 Å². The molecule has 0 saturated heterocycles. The minimum absolute atomic E-state index is 0.267. The van der Waals surface area contributed by atoms with E-state index in [0.717, 1.165) is 12.3 Å². The highest BCUT2D eigenvalue weighted by Gasteiger charge is 2.13. The molecule has 0 radical (unpaired) electrons. The van der Waals surface area contributed by atoms with E-state index in [1.807, 2.05) is 0 Å². The lowest BCUT2D eigenvalue weighted by Gasteiger charge is -2.17. The van der Waals surface area contributed by atoms with E-state index in [0.29, 0.717) is 5.69 Å². The number of nitrogens with zero attached hydrogens (tertiary/aromatic N) is 2. The van der Waals surface area contributed by atoms with Crippen LogP contribution in [0.4, 0.5) is 14.5 Å². The minimum atomic E-state index is -0.643. The second-order valence-corrected chi connectivity index (χ2v) is 3.71. The molecular formula is C13H10F2N2O. The molecule has 0 aliphatic carbocycles. The lowest BCUT2D eigenvalue weighted by molar-refractivity contribution is 0.0992. The maximum absolute atomic E-state index is 12.8. The molecule has 92 valence electrons. The average Bonchev–Trinajstić information content (AvgIpc) is 2.39. The molecule has 0 N–H and O–H groups in total. The Balaban J connectivity index is 2.23. The summed E-state index contributed by atoms with van der Waals surface area (Å²) in [5, 5.41) is 0. The number of anilines is 1. The third-order valence-electron chi connectivity index (χ3n) is 2.49. The van der Waals surface area contributed by atoms with Crippen LogP contribution >= 0.6 is 0 Å². The second-order valence-electron chi connectivity index (χ2n) is 3.71. The fourth-order valence-electron chi connectivity index (χ4n) is 1.48. The van der Waals surface area contributed by atoms with Crippen molar-refractivity contribution in [3.05, 3.63) is 59.9 Å². The summed E-state index contributed by atoms with van der Waals surface area (Å²) in [6, 6.07) is 7.98. The Bertz CT molecular complexity index is 552. The predicted octanol–water partition coefficient (Wildman–Crippen LogP) is 2.64. The lowest BCUT2D eigenvalue weighted by Crippen LogP contribution is -2.26. The van der Waals surface area contributed by atoms with E-state index >= 15 is 0 Å². The topological polar surface area (TPSA) is 33.2 Å². The minimum Gasteiger partial charge on any atom is -0.311 e. The van der Waals surface area contributed by atoms with Gasteiger partial charge < -0.3 is 4.90 Å². The van der Waals surface area contributed by atoms with Crippen molar-refractivity contribution < 1.29 is 13.6 Å². The number of amides is 1. The largest absolute Gasteiger partial charge is 0.311 e. The first kappa shape index (κ1) is 12.2. The lowest BCUT2D eigenvalue weighted by atomic mass is 10.2. The first-order valence-corrected chi connectivity index (χ1v) is 5.23. The van der Waals surface area contributed by atoms with Gasteiger partial charge in [0.05, 0.1) is 5.56 Å². The number of rotatable bonds is 2. The molecule has 18 heavy (non-hydrogen) atoms. The van der Waals surface area contributed by atoms with Crippen molar-refractivity contribution >= 4 is 11.6 Å². The van der Waals surface area contributed by atoms with Crippen LogP contribution < -0.4 is 4.90 Å². The van der Waals surface area contributed by atoms with Crippen LogP contribution in [0.2, 0.25) is 0 Å². The highest BCUT2D eigenvalue weighted by molar-refractivity contribution is 6.05. The maximum Gasteiger partial charge on any atom is 0.259 e. The Morgan fingerprint density at radius 3 is 2.33 bits per heavy atom. The Morgan fingerprint density at radius 2 is 1.78 bits per heavy atom. The molecule has 0 bridgehead atoms. The smallest absolute Gasteiger partial charge is 0.259 e. The Labute approximate surface area is 103 Å². The van der Waals surface area contributed by atoms with Crippen molar-refractivity contribution in [2.24, 2.45) is 0 Å². The highest BCUT2D eigenvalue weighted by Crippen LogP contribution is 2.15. The van der Waals surface area contributed by atoms with E-state index in [1.54, 1.807) is 7.05 Å². The van der Waals surface area contributed by atoms with Gasteiger partial charge in [0.25, 0.3) is 5.91 Å². The molecule has 2 rings (SSSR count). The van der Waals surface area contributed by atoms with Gasteiger partial charge in [-0.05, 0) is 36.4 Å². The molecule has 0 saturated carbocycles. The van der Waals surface area contributed by atoms with Gasteiger partial charge in [0.15, 0.2) is 0 Å². The van der Waals surface area contributed by atoms with Gasteiger partial charge >= 0.3 is 0 Å². The zero-order chi connectivity index (χ0) is 13.1. The average molecular weight is 248 g/mol. The number of aromatic nitrogens is 1. The first-order chi connectivity index (χ1) is 8.58. The number of benzene rings is 1. The molecule has 0 spiro atoms. The molecule has 0 atom stereocenters. The molecule has 1 aromatic carbocycles. The molecule has 5 heteroatoms. The van der Waals surface area contributed by atoms with E-state index in [2.05, 4.69) is 4.98 Å². The summed E-state index contributed by atoms with van der Waals surface area (Å²) < 4.78 is 25.4. The molecule has 1 heterocycles. The van der Waals surface area contributed by atoms with E-state index in [4.69, 9.17) is 0 Å². The molecular weight excluding hydrogens is 238 g/mol. The summed E-state index contributed by atoms with van der Waals surface area (Å²) in [7, 11) is 1.55. The molecule has 0 fully saturated rings. The summed E-state index contributed by atoms with van der Waals surface area (Å²) in [6.45, 7) is 0. The predicted molar refractivity (Wildman–Crippen MR) is 63.3 cm³/mol. The summed E-state index contributed by atoms with van der Waals surface area (Å²) in [4.78, 5) is 16.8. The van der Waals surface area contributed by atoms with Crippen molar-refractivity contribution in [3.63, 3.8) is 0 Å². The number of hydrogen-bond acceptors (Lipinski definition) is 2. The quantitative estimate of drug-likeness (QED) is 0.765. The van der Waals surface area contributed by atoms with Crippen LogP contribution in [-0.2, 0) is 0 Å². The monoisotopic (exact) mass is 248 g/mol. The summed E-state index contributed by atoms with van der Waals surface area (Å²) in [5.41, 5.74) is 0.814. The molecule has 1 amide bonds. The normalized spacial score (nSPS) is 10.2. The molecule has 2 aromatic rings. The molecule has 3 nitrogen and oxygen atoms in total. The van der Waals surface area contributed by atoms with Crippen LogP contribution in [0.25, 0.3) is 0 Å².